The van der Waals surface area contributed by atoms with Crippen molar-refractivity contribution in [1.29, 1.82) is 0 Å². The third kappa shape index (κ3) is 4.34. The van der Waals surface area contributed by atoms with Gasteiger partial charge in [0.05, 0.1) is 12.5 Å². The van der Waals surface area contributed by atoms with E-state index in [1.807, 2.05) is 0 Å². The molecule has 0 aromatic carbocycles. The van der Waals surface area contributed by atoms with Crippen molar-refractivity contribution in [2.45, 2.75) is 38.5 Å². The average Bonchev–Trinajstić information content (AvgIpc) is 2.96. The molecule has 0 bridgehead atoms. The SMILES string of the molecule is O=C(O)C1CCN(C(=O)CNCCC2=CCCC2)CC1. The Kier molecular flexibility index (Phi) is 5.59. The second-order valence-corrected chi connectivity index (χ2v) is 5.67. The van der Waals surface area contributed by atoms with E-state index in [-0.39, 0.29) is 11.8 Å². The van der Waals surface area contributed by atoms with Gasteiger partial charge in [-0.1, -0.05) is 11.6 Å². The Morgan fingerprint density at radius 3 is 2.70 bits per heavy atom. The van der Waals surface area contributed by atoms with Crippen LogP contribution < -0.4 is 5.32 Å². The lowest BCUT2D eigenvalue weighted by molar-refractivity contribution is -0.145. The Labute approximate surface area is 120 Å². The molecule has 5 heteroatoms. The van der Waals surface area contributed by atoms with E-state index >= 15 is 0 Å². The maximum Gasteiger partial charge on any atom is 0.306 e. The Morgan fingerprint density at radius 1 is 1.35 bits per heavy atom. The molecule has 2 N–H and O–H groups in total. The molecule has 112 valence electrons. The largest absolute Gasteiger partial charge is 0.481 e. The molecule has 1 saturated heterocycles. The first-order valence-corrected chi connectivity index (χ1v) is 7.56. The summed E-state index contributed by atoms with van der Waals surface area (Å²) in [5.74, 6) is -0.921. The summed E-state index contributed by atoms with van der Waals surface area (Å²) in [7, 11) is 0. The zero-order valence-electron chi connectivity index (χ0n) is 11.9. The molecule has 20 heavy (non-hydrogen) atoms. The van der Waals surface area contributed by atoms with Gasteiger partial charge in [-0.2, -0.15) is 0 Å². The van der Waals surface area contributed by atoms with E-state index in [0.29, 0.717) is 32.5 Å². The van der Waals surface area contributed by atoms with E-state index in [0.717, 1.165) is 13.0 Å². The number of carbonyl (C=O) groups excluding carboxylic acids is 1. The van der Waals surface area contributed by atoms with Crippen LogP contribution in [0.5, 0.6) is 0 Å². The van der Waals surface area contributed by atoms with Crippen LogP contribution in [-0.2, 0) is 9.59 Å². The number of carboxylic acid groups (broad SMARTS) is 1. The predicted octanol–water partition coefficient (Wildman–Crippen LogP) is 1.40. The van der Waals surface area contributed by atoms with Gasteiger partial charge in [-0.3, -0.25) is 9.59 Å². The van der Waals surface area contributed by atoms with E-state index in [4.69, 9.17) is 5.11 Å². The molecule has 0 saturated carbocycles. The molecule has 2 rings (SSSR count). The molecular weight excluding hydrogens is 256 g/mol. The number of hydrogen-bond acceptors (Lipinski definition) is 3. The lowest BCUT2D eigenvalue weighted by Crippen LogP contribution is -2.44. The van der Waals surface area contributed by atoms with E-state index < -0.39 is 5.97 Å². The molecular formula is C15H24N2O3. The van der Waals surface area contributed by atoms with Gasteiger partial charge in [-0.05, 0) is 45.1 Å². The van der Waals surface area contributed by atoms with E-state index in [2.05, 4.69) is 11.4 Å². The normalized spacial score (nSPS) is 20.0. The molecule has 2 aliphatic rings. The van der Waals surface area contributed by atoms with Crippen molar-refractivity contribution in [1.82, 2.24) is 10.2 Å². The standard InChI is InChI=1S/C15H24N2O3/c18-14(11-16-8-5-12-3-1-2-4-12)17-9-6-13(7-10-17)15(19)20/h3,13,16H,1-2,4-11H2,(H,19,20). The number of carboxylic acids is 1. The van der Waals surface area contributed by atoms with E-state index in [1.165, 1.54) is 24.8 Å². The van der Waals surface area contributed by atoms with E-state index in [9.17, 15) is 9.59 Å². The highest BCUT2D eigenvalue weighted by Crippen LogP contribution is 2.20. The third-order valence-corrected chi connectivity index (χ3v) is 4.23. The summed E-state index contributed by atoms with van der Waals surface area (Å²) >= 11 is 0. The summed E-state index contributed by atoms with van der Waals surface area (Å²) < 4.78 is 0. The Hall–Kier alpha value is -1.36. The highest BCUT2D eigenvalue weighted by atomic mass is 16.4. The molecule has 0 spiro atoms. The number of nitrogens with one attached hydrogen (secondary N) is 1. The first-order chi connectivity index (χ1) is 9.66. The summed E-state index contributed by atoms with van der Waals surface area (Å²) in [6.45, 7) is 2.36. The van der Waals surface area contributed by atoms with Crippen molar-refractivity contribution in [2.75, 3.05) is 26.2 Å². The van der Waals surface area contributed by atoms with Crippen molar-refractivity contribution in [3.63, 3.8) is 0 Å². The van der Waals surface area contributed by atoms with Crippen molar-refractivity contribution < 1.29 is 14.7 Å². The van der Waals surface area contributed by atoms with Crippen LogP contribution in [0.4, 0.5) is 0 Å². The fourth-order valence-electron chi connectivity index (χ4n) is 2.90. The number of likely N-dealkylation sites (tertiary alicyclic amines) is 1. The Morgan fingerprint density at radius 2 is 2.10 bits per heavy atom. The fraction of sp³-hybridized carbons (Fsp3) is 0.733. The van der Waals surface area contributed by atoms with Crippen molar-refractivity contribution in [3.05, 3.63) is 11.6 Å². The highest BCUT2D eigenvalue weighted by molar-refractivity contribution is 5.78. The maximum atomic E-state index is 12.0. The number of carbonyl (C=O) groups is 2. The lowest BCUT2D eigenvalue weighted by Gasteiger charge is -2.30. The number of aliphatic carboxylic acids is 1. The average molecular weight is 280 g/mol. The Balaban J connectivity index is 1.59. The van der Waals surface area contributed by atoms with E-state index in [1.54, 1.807) is 4.90 Å². The summed E-state index contributed by atoms with van der Waals surface area (Å²) in [4.78, 5) is 24.6. The molecule has 5 nitrogen and oxygen atoms in total. The summed E-state index contributed by atoms with van der Waals surface area (Å²) in [6, 6.07) is 0. The molecule has 1 aliphatic heterocycles. The summed E-state index contributed by atoms with van der Waals surface area (Å²) in [5.41, 5.74) is 1.51. The fourth-order valence-corrected chi connectivity index (χ4v) is 2.90. The second kappa shape index (κ2) is 7.43. The van der Waals surface area contributed by atoms with Gasteiger partial charge in [-0.15, -0.1) is 0 Å². The van der Waals surface area contributed by atoms with Crippen LogP contribution in [0.15, 0.2) is 11.6 Å². The predicted molar refractivity (Wildman–Crippen MR) is 76.4 cm³/mol. The minimum Gasteiger partial charge on any atom is -0.481 e. The Bertz CT molecular complexity index is 385. The van der Waals surface area contributed by atoms with Crippen LogP contribution in [0.1, 0.15) is 38.5 Å². The van der Waals surface area contributed by atoms with Gasteiger partial charge >= 0.3 is 5.97 Å². The summed E-state index contributed by atoms with van der Waals surface area (Å²) in [5, 5.41) is 12.1. The van der Waals surface area contributed by atoms with Gasteiger partial charge in [0.1, 0.15) is 0 Å². The van der Waals surface area contributed by atoms with Crippen molar-refractivity contribution >= 4 is 11.9 Å². The van der Waals surface area contributed by atoms with Gasteiger partial charge in [0, 0.05) is 13.1 Å². The number of hydrogen-bond donors (Lipinski definition) is 2. The second-order valence-electron chi connectivity index (χ2n) is 5.67. The summed E-state index contributed by atoms with van der Waals surface area (Å²) in [6.07, 6.45) is 8.17. The molecule has 1 fully saturated rings. The molecule has 1 heterocycles. The number of rotatable bonds is 6. The molecule has 0 aromatic rings. The quantitative estimate of drug-likeness (QED) is 0.570. The van der Waals surface area contributed by atoms with Crippen molar-refractivity contribution in [2.24, 2.45) is 5.92 Å². The van der Waals surface area contributed by atoms with Gasteiger partial charge in [-0.25, -0.2) is 0 Å². The zero-order valence-corrected chi connectivity index (χ0v) is 11.9. The molecule has 0 unspecified atom stereocenters. The highest BCUT2D eigenvalue weighted by Gasteiger charge is 2.26. The monoisotopic (exact) mass is 280 g/mol. The number of allylic oxidation sites excluding steroid dienone is 1. The lowest BCUT2D eigenvalue weighted by atomic mass is 9.97. The van der Waals surface area contributed by atoms with Gasteiger partial charge in [0.25, 0.3) is 0 Å². The van der Waals surface area contributed by atoms with Crippen molar-refractivity contribution in [3.8, 4) is 0 Å². The van der Waals surface area contributed by atoms with Crippen LogP contribution in [-0.4, -0.2) is 48.1 Å². The third-order valence-electron chi connectivity index (χ3n) is 4.23. The van der Waals surface area contributed by atoms with Crippen LogP contribution in [0.25, 0.3) is 0 Å². The molecule has 0 aromatic heterocycles. The zero-order chi connectivity index (χ0) is 14.4. The number of piperidine rings is 1. The van der Waals surface area contributed by atoms with Crippen LogP contribution in [0.3, 0.4) is 0 Å². The maximum absolute atomic E-state index is 12.0. The molecule has 0 atom stereocenters. The van der Waals surface area contributed by atoms with Crippen LogP contribution in [0.2, 0.25) is 0 Å². The smallest absolute Gasteiger partial charge is 0.306 e. The first-order valence-electron chi connectivity index (χ1n) is 7.56. The first kappa shape index (κ1) is 15.0. The molecule has 1 amide bonds. The van der Waals surface area contributed by atoms with Gasteiger partial charge < -0.3 is 15.3 Å². The molecule has 0 radical (unpaired) electrons. The van der Waals surface area contributed by atoms with Crippen LogP contribution >= 0.6 is 0 Å². The minimum absolute atomic E-state index is 0.0919. The minimum atomic E-state index is -0.736. The van der Waals surface area contributed by atoms with Gasteiger partial charge in [0.2, 0.25) is 5.91 Å². The topological polar surface area (TPSA) is 69.6 Å². The van der Waals surface area contributed by atoms with Gasteiger partial charge in [0.15, 0.2) is 0 Å². The number of nitrogens with zero attached hydrogens (tertiary/aromatic N) is 1. The van der Waals surface area contributed by atoms with Crippen LogP contribution in [0, 0.1) is 5.92 Å². The number of amides is 1. The molecule has 1 aliphatic carbocycles.